The van der Waals surface area contributed by atoms with Gasteiger partial charge in [0.15, 0.2) is 6.10 Å². The summed E-state index contributed by atoms with van der Waals surface area (Å²) in [5.41, 5.74) is 3.36. The number of amides is 1. The van der Waals surface area contributed by atoms with Gasteiger partial charge < -0.3 is 20.7 Å². The van der Waals surface area contributed by atoms with Crippen LogP contribution in [0.15, 0.2) is 18.2 Å². The maximum Gasteiger partial charge on any atom is 0.416 e. The number of benzene rings is 1. The average Bonchev–Trinajstić information content (AvgIpc) is 2.34. The van der Waals surface area contributed by atoms with Crippen LogP contribution in [0.2, 0.25) is 0 Å². The fraction of sp³-hybridized carbons (Fsp3) is 0.364. The Hall–Kier alpha value is -1.80. The van der Waals surface area contributed by atoms with Gasteiger partial charge in [-0.05, 0) is 18.2 Å². The van der Waals surface area contributed by atoms with Crippen molar-refractivity contribution in [3.05, 3.63) is 29.3 Å². The molecule has 1 amide bonds. The first kappa shape index (κ1) is 15.3. The highest BCUT2D eigenvalue weighted by Crippen LogP contribution is 2.35. The number of aliphatic hydroxyl groups excluding tert-OH is 2. The van der Waals surface area contributed by atoms with Crippen molar-refractivity contribution in [2.75, 3.05) is 7.11 Å². The molecule has 0 spiro atoms. The van der Waals surface area contributed by atoms with E-state index in [2.05, 4.69) is 0 Å². The molecule has 0 bridgehead atoms. The highest BCUT2D eigenvalue weighted by atomic mass is 19.4. The number of carbonyl (C=O) groups is 1. The topological polar surface area (TPSA) is 92.8 Å². The maximum absolute atomic E-state index is 12.6. The zero-order chi connectivity index (χ0) is 14.8. The average molecular weight is 279 g/mol. The Morgan fingerprint density at radius 2 is 1.95 bits per heavy atom. The lowest BCUT2D eigenvalue weighted by molar-refractivity contribution is -0.137. The third kappa shape index (κ3) is 3.36. The Morgan fingerprint density at radius 1 is 1.37 bits per heavy atom. The van der Waals surface area contributed by atoms with Gasteiger partial charge in [0.05, 0.1) is 12.7 Å². The normalized spacial score (nSPS) is 14.8. The summed E-state index contributed by atoms with van der Waals surface area (Å²) in [5.74, 6) is -1.35. The number of halogens is 3. The standard InChI is InChI=1S/C11H12F3NO4/c1-19-7-3-2-5(11(12,13)14)4-6(7)8(16)9(17)10(15)18/h2-4,8-9,16-17H,1H3,(H2,15,18). The summed E-state index contributed by atoms with van der Waals surface area (Å²) in [5, 5.41) is 19.0. The molecule has 0 aliphatic carbocycles. The fourth-order valence-corrected chi connectivity index (χ4v) is 1.47. The Balaban J connectivity index is 3.27. The first-order chi connectivity index (χ1) is 8.68. The fourth-order valence-electron chi connectivity index (χ4n) is 1.47. The number of alkyl halides is 3. The summed E-state index contributed by atoms with van der Waals surface area (Å²) >= 11 is 0. The van der Waals surface area contributed by atoms with E-state index in [-0.39, 0.29) is 11.3 Å². The molecule has 0 aromatic heterocycles. The van der Waals surface area contributed by atoms with Gasteiger partial charge in [0.2, 0.25) is 5.91 Å². The van der Waals surface area contributed by atoms with E-state index in [1.54, 1.807) is 0 Å². The zero-order valence-corrected chi connectivity index (χ0v) is 9.81. The third-order valence-electron chi connectivity index (χ3n) is 2.47. The van der Waals surface area contributed by atoms with Gasteiger partial charge in [0.25, 0.3) is 0 Å². The second-order valence-corrected chi connectivity index (χ2v) is 3.75. The molecule has 0 saturated carbocycles. The molecule has 1 aromatic carbocycles. The van der Waals surface area contributed by atoms with Gasteiger partial charge in [0.1, 0.15) is 11.9 Å². The SMILES string of the molecule is COc1ccc(C(F)(F)F)cc1C(O)C(O)C(N)=O. The molecule has 1 aromatic rings. The number of ether oxygens (including phenoxy) is 1. The molecule has 8 heteroatoms. The Kier molecular flexibility index (Phi) is 4.38. The molecule has 106 valence electrons. The highest BCUT2D eigenvalue weighted by molar-refractivity contribution is 5.79. The molecule has 1 rings (SSSR count). The minimum absolute atomic E-state index is 0.0965. The number of primary amides is 1. The number of aliphatic hydroxyl groups is 2. The summed E-state index contributed by atoms with van der Waals surface area (Å²) in [7, 11) is 1.18. The lowest BCUT2D eigenvalue weighted by Gasteiger charge is -2.19. The molecule has 19 heavy (non-hydrogen) atoms. The van der Waals surface area contributed by atoms with Crippen LogP contribution in [0.4, 0.5) is 13.2 Å². The number of hydrogen-bond donors (Lipinski definition) is 3. The van der Waals surface area contributed by atoms with E-state index in [0.717, 1.165) is 12.1 Å². The van der Waals surface area contributed by atoms with Crippen molar-refractivity contribution in [1.29, 1.82) is 0 Å². The Labute approximate surface area is 106 Å². The second kappa shape index (κ2) is 5.45. The number of rotatable bonds is 4. The monoisotopic (exact) mass is 279 g/mol. The first-order valence-electron chi connectivity index (χ1n) is 5.09. The van der Waals surface area contributed by atoms with Crippen molar-refractivity contribution in [3.63, 3.8) is 0 Å². The summed E-state index contributed by atoms with van der Waals surface area (Å²) in [6.45, 7) is 0. The lowest BCUT2D eigenvalue weighted by atomic mass is 10.00. The number of nitrogens with two attached hydrogens (primary N) is 1. The first-order valence-corrected chi connectivity index (χ1v) is 5.09. The predicted molar refractivity (Wildman–Crippen MR) is 58.2 cm³/mol. The molecule has 0 aliphatic rings. The summed E-state index contributed by atoms with van der Waals surface area (Å²) in [4.78, 5) is 10.7. The van der Waals surface area contributed by atoms with Crippen LogP contribution in [0.1, 0.15) is 17.2 Å². The van der Waals surface area contributed by atoms with Crippen LogP contribution in [0.3, 0.4) is 0 Å². The summed E-state index contributed by atoms with van der Waals surface area (Å²) in [6.07, 6.45) is -8.56. The molecule has 2 unspecified atom stereocenters. The van der Waals surface area contributed by atoms with Gasteiger partial charge in [-0.3, -0.25) is 4.79 Å². The largest absolute Gasteiger partial charge is 0.496 e. The van der Waals surface area contributed by atoms with Crippen LogP contribution in [-0.2, 0) is 11.0 Å². The van der Waals surface area contributed by atoms with E-state index in [1.807, 2.05) is 0 Å². The van der Waals surface area contributed by atoms with Gasteiger partial charge in [-0.2, -0.15) is 13.2 Å². The number of hydrogen-bond acceptors (Lipinski definition) is 4. The smallest absolute Gasteiger partial charge is 0.416 e. The van der Waals surface area contributed by atoms with Crippen molar-refractivity contribution in [1.82, 2.24) is 0 Å². The molecule has 2 atom stereocenters. The van der Waals surface area contributed by atoms with E-state index >= 15 is 0 Å². The highest BCUT2D eigenvalue weighted by Gasteiger charge is 2.33. The summed E-state index contributed by atoms with van der Waals surface area (Å²) < 4.78 is 42.4. The molecular formula is C11H12F3NO4. The maximum atomic E-state index is 12.6. The van der Waals surface area contributed by atoms with Gasteiger partial charge in [-0.25, -0.2) is 0 Å². The van der Waals surface area contributed by atoms with Crippen LogP contribution in [0.25, 0.3) is 0 Å². The molecule has 5 nitrogen and oxygen atoms in total. The van der Waals surface area contributed by atoms with E-state index in [9.17, 15) is 28.2 Å². The predicted octanol–water partition coefficient (Wildman–Crippen LogP) is 0.594. The van der Waals surface area contributed by atoms with Gasteiger partial charge >= 0.3 is 6.18 Å². The second-order valence-electron chi connectivity index (χ2n) is 3.75. The van der Waals surface area contributed by atoms with Crippen molar-refractivity contribution in [2.24, 2.45) is 5.73 Å². The summed E-state index contributed by atoms with van der Waals surface area (Å²) in [6, 6.07) is 2.33. The van der Waals surface area contributed by atoms with Crippen LogP contribution in [0.5, 0.6) is 5.75 Å². The van der Waals surface area contributed by atoms with Crippen molar-refractivity contribution in [3.8, 4) is 5.75 Å². The van der Waals surface area contributed by atoms with E-state index < -0.39 is 29.9 Å². The third-order valence-corrected chi connectivity index (χ3v) is 2.47. The van der Waals surface area contributed by atoms with Crippen molar-refractivity contribution < 1.29 is 32.9 Å². The number of carbonyl (C=O) groups excluding carboxylic acids is 1. The molecule has 0 radical (unpaired) electrons. The minimum atomic E-state index is -4.63. The van der Waals surface area contributed by atoms with Crippen LogP contribution in [0, 0.1) is 0 Å². The van der Waals surface area contributed by atoms with Crippen LogP contribution in [-0.4, -0.2) is 29.3 Å². The van der Waals surface area contributed by atoms with Crippen molar-refractivity contribution in [2.45, 2.75) is 18.4 Å². The quantitative estimate of drug-likeness (QED) is 0.752. The molecule has 4 N–H and O–H groups in total. The molecule has 0 aliphatic heterocycles. The van der Waals surface area contributed by atoms with E-state index in [1.165, 1.54) is 7.11 Å². The van der Waals surface area contributed by atoms with Gasteiger partial charge in [0, 0.05) is 5.56 Å². The Bertz CT molecular complexity index is 475. The van der Waals surface area contributed by atoms with E-state index in [4.69, 9.17) is 10.5 Å². The van der Waals surface area contributed by atoms with Crippen LogP contribution < -0.4 is 10.5 Å². The van der Waals surface area contributed by atoms with Crippen molar-refractivity contribution >= 4 is 5.91 Å². The molecular weight excluding hydrogens is 267 g/mol. The zero-order valence-electron chi connectivity index (χ0n) is 9.81. The number of methoxy groups -OCH3 is 1. The molecule has 0 saturated heterocycles. The van der Waals surface area contributed by atoms with Gasteiger partial charge in [-0.1, -0.05) is 0 Å². The minimum Gasteiger partial charge on any atom is -0.496 e. The van der Waals surface area contributed by atoms with Crippen LogP contribution >= 0.6 is 0 Å². The van der Waals surface area contributed by atoms with E-state index in [0.29, 0.717) is 6.07 Å². The molecule has 0 heterocycles. The molecule has 0 fully saturated rings. The lowest BCUT2D eigenvalue weighted by Crippen LogP contribution is -2.34. The van der Waals surface area contributed by atoms with Gasteiger partial charge in [-0.15, -0.1) is 0 Å². The Morgan fingerprint density at radius 3 is 2.37 bits per heavy atom.